The Morgan fingerprint density at radius 2 is 1.79 bits per heavy atom. The summed E-state index contributed by atoms with van der Waals surface area (Å²) in [5.41, 5.74) is 3.71. The highest BCUT2D eigenvalue weighted by molar-refractivity contribution is 5.67. The molecule has 0 atom stereocenters. The molecule has 0 aliphatic carbocycles. The van der Waals surface area contributed by atoms with Crippen molar-refractivity contribution in [3.8, 4) is 11.5 Å². The number of allylic oxidation sites excluding steroid dienone is 4. The second-order valence-electron chi connectivity index (χ2n) is 4.48. The molecule has 2 aromatic rings. The largest absolute Gasteiger partial charge is 0.416 e. The molecule has 3 nitrogen and oxygen atoms in total. The van der Waals surface area contributed by atoms with Crippen LogP contribution in [0.3, 0.4) is 0 Å². The summed E-state index contributed by atoms with van der Waals surface area (Å²) in [6.45, 7) is 11.6. The Kier molecular flexibility index (Phi) is 3.76. The van der Waals surface area contributed by atoms with E-state index in [1.54, 1.807) is 0 Å². The van der Waals surface area contributed by atoms with Crippen LogP contribution in [0, 0.1) is 6.92 Å². The molecule has 1 aromatic heterocycles. The molecule has 0 unspecified atom stereocenters. The monoisotopic (exact) mass is 252 g/mol. The predicted octanol–water partition coefficient (Wildman–Crippen LogP) is 4.19. The smallest absolute Gasteiger partial charge is 0.248 e. The third kappa shape index (κ3) is 3.28. The Hall–Kier alpha value is -2.42. The average molecular weight is 252 g/mol. The molecule has 1 aromatic carbocycles. The lowest BCUT2D eigenvalue weighted by Gasteiger charge is -1.95. The van der Waals surface area contributed by atoms with E-state index in [-0.39, 0.29) is 0 Å². The van der Waals surface area contributed by atoms with Crippen LogP contribution >= 0.6 is 0 Å². The minimum Gasteiger partial charge on any atom is -0.416 e. The normalized spacial score (nSPS) is 10.8. The summed E-state index contributed by atoms with van der Waals surface area (Å²) >= 11 is 0. The Morgan fingerprint density at radius 3 is 2.42 bits per heavy atom. The van der Waals surface area contributed by atoms with Crippen molar-refractivity contribution in [2.75, 3.05) is 0 Å². The number of hydrogen-bond acceptors (Lipinski definition) is 3. The lowest BCUT2D eigenvalue weighted by Crippen LogP contribution is -1.78. The fraction of sp³-hybridized carbons (Fsp3) is 0.125. The predicted molar refractivity (Wildman–Crippen MR) is 77.5 cm³/mol. The van der Waals surface area contributed by atoms with Crippen LogP contribution in [0.25, 0.3) is 17.0 Å². The van der Waals surface area contributed by atoms with Gasteiger partial charge in [0.05, 0.1) is 0 Å². The summed E-state index contributed by atoms with van der Waals surface area (Å²) in [6, 6.07) is 7.93. The zero-order valence-electron chi connectivity index (χ0n) is 11.2. The molecule has 0 fully saturated rings. The highest BCUT2D eigenvalue weighted by Gasteiger charge is 2.09. The van der Waals surface area contributed by atoms with Crippen LogP contribution in [-0.2, 0) is 0 Å². The third-order valence-corrected chi connectivity index (χ3v) is 2.57. The lowest BCUT2D eigenvalue weighted by atomic mass is 10.1. The molecule has 0 N–H and O–H groups in total. The topological polar surface area (TPSA) is 38.9 Å². The summed E-state index contributed by atoms with van der Waals surface area (Å²) in [7, 11) is 0. The highest BCUT2D eigenvalue weighted by atomic mass is 16.4. The maximum absolute atomic E-state index is 5.60. The molecule has 96 valence electrons. The molecule has 0 radical (unpaired) electrons. The van der Waals surface area contributed by atoms with Gasteiger partial charge >= 0.3 is 0 Å². The summed E-state index contributed by atoms with van der Waals surface area (Å²) < 4.78 is 5.60. The van der Waals surface area contributed by atoms with Gasteiger partial charge in [0.25, 0.3) is 0 Å². The molecule has 0 aliphatic heterocycles. The fourth-order valence-corrected chi connectivity index (χ4v) is 1.48. The van der Waals surface area contributed by atoms with Gasteiger partial charge in [-0.3, -0.25) is 0 Å². The molecule has 3 heteroatoms. The van der Waals surface area contributed by atoms with Gasteiger partial charge in [0, 0.05) is 11.1 Å². The van der Waals surface area contributed by atoms with E-state index >= 15 is 0 Å². The summed E-state index contributed by atoms with van der Waals surface area (Å²) in [6.07, 6.45) is 3.67. The molecular formula is C16H16N2O. The first-order valence-electron chi connectivity index (χ1n) is 5.99. The molecule has 1 heterocycles. The molecule has 0 spiro atoms. The standard InChI is InChI=1S/C16H16N2O/c1-11(2)5-8-13(4)15-17-18-16(19-15)14-9-6-12(3)7-10-14/h5-10H,1,4H2,2-3H3/b8-5-. The number of rotatable bonds is 4. The quantitative estimate of drug-likeness (QED) is 0.766. The Labute approximate surface area is 113 Å². The Morgan fingerprint density at radius 1 is 1.11 bits per heavy atom. The minimum absolute atomic E-state index is 0.424. The number of hydrogen-bond donors (Lipinski definition) is 0. The van der Waals surface area contributed by atoms with Crippen molar-refractivity contribution in [1.29, 1.82) is 0 Å². The molecule has 0 saturated carbocycles. The van der Waals surface area contributed by atoms with E-state index in [4.69, 9.17) is 4.42 Å². The van der Waals surface area contributed by atoms with Crippen molar-refractivity contribution in [1.82, 2.24) is 10.2 Å². The van der Waals surface area contributed by atoms with Crippen molar-refractivity contribution >= 4 is 5.57 Å². The Balaban J connectivity index is 2.21. The highest BCUT2D eigenvalue weighted by Crippen LogP contribution is 2.21. The van der Waals surface area contributed by atoms with E-state index in [1.807, 2.05) is 50.3 Å². The first kappa shape index (κ1) is 13.0. The molecule has 0 saturated heterocycles. The van der Waals surface area contributed by atoms with Gasteiger partial charge in [-0.25, -0.2) is 0 Å². The van der Waals surface area contributed by atoms with Crippen LogP contribution < -0.4 is 0 Å². The van der Waals surface area contributed by atoms with Crippen LogP contribution in [-0.4, -0.2) is 10.2 Å². The van der Waals surface area contributed by atoms with Gasteiger partial charge in [-0.05, 0) is 32.1 Å². The summed E-state index contributed by atoms with van der Waals surface area (Å²) in [5.74, 6) is 0.924. The molecule has 2 rings (SSSR count). The number of aryl methyl sites for hydroxylation is 1. The molecule has 19 heavy (non-hydrogen) atoms. The zero-order chi connectivity index (χ0) is 13.8. The average Bonchev–Trinajstić information content (AvgIpc) is 2.86. The first-order chi connectivity index (χ1) is 9.06. The molecule has 0 amide bonds. The van der Waals surface area contributed by atoms with Crippen molar-refractivity contribution in [2.24, 2.45) is 0 Å². The first-order valence-corrected chi connectivity index (χ1v) is 5.99. The van der Waals surface area contributed by atoms with Crippen LogP contribution in [0.15, 0.2) is 59.6 Å². The second kappa shape index (κ2) is 5.48. The number of nitrogens with zero attached hydrogens (tertiary/aromatic N) is 2. The lowest BCUT2D eigenvalue weighted by molar-refractivity contribution is 0.554. The van der Waals surface area contributed by atoms with Gasteiger partial charge in [-0.1, -0.05) is 42.5 Å². The minimum atomic E-state index is 0.424. The van der Waals surface area contributed by atoms with Crippen molar-refractivity contribution in [3.63, 3.8) is 0 Å². The van der Waals surface area contributed by atoms with Crippen LogP contribution in [0.2, 0.25) is 0 Å². The van der Waals surface area contributed by atoms with Gasteiger partial charge < -0.3 is 4.42 Å². The Bertz CT molecular complexity index is 633. The summed E-state index contributed by atoms with van der Waals surface area (Å²) in [4.78, 5) is 0. The van der Waals surface area contributed by atoms with E-state index in [1.165, 1.54) is 5.56 Å². The zero-order valence-corrected chi connectivity index (χ0v) is 11.2. The van der Waals surface area contributed by atoms with E-state index in [0.717, 1.165) is 11.1 Å². The maximum Gasteiger partial charge on any atom is 0.248 e. The van der Waals surface area contributed by atoms with Crippen molar-refractivity contribution in [2.45, 2.75) is 13.8 Å². The van der Waals surface area contributed by atoms with E-state index in [2.05, 4.69) is 23.4 Å². The van der Waals surface area contributed by atoms with Gasteiger partial charge in [0.2, 0.25) is 11.8 Å². The number of benzene rings is 1. The van der Waals surface area contributed by atoms with E-state index < -0.39 is 0 Å². The maximum atomic E-state index is 5.60. The number of aromatic nitrogens is 2. The van der Waals surface area contributed by atoms with Crippen LogP contribution in [0.1, 0.15) is 18.4 Å². The van der Waals surface area contributed by atoms with Crippen molar-refractivity contribution in [3.05, 3.63) is 66.6 Å². The van der Waals surface area contributed by atoms with Gasteiger partial charge in [-0.15, -0.1) is 10.2 Å². The SMILES string of the molecule is C=C(C)/C=C\C(=C)c1nnc(-c2ccc(C)cc2)o1. The molecule has 0 aliphatic rings. The summed E-state index contributed by atoms with van der Waals surface area (Å²) in [5, 5.41) is 8.03. The van der Waals surface area contributed by atoms with Crippen LogP contribution in [0.5, 0.6) is 0 Å². The fourth-order valence-electron chi connectivity index (χ4n) is 1.48. The second-order valence-corrected chi connectivity index (χ2v) is 4.48. The molecule has 0 bridgehead atoms. The van der Waals surface area contributed by atoms with Gasteiger partial charge in [0.15, 0.2) is 0 Å². The van der Waals surface area contributed by atoms with E-state index in [0.29, 0.717) is 17.4 Å². The van der Waals surface area contributed by atoms with Crippen LogP contribution in [0.4, 0.5) is 0 Å². The van der Waals surface area contributed by atoms with Gasteiger partial charge in [-0.2, -0.15) is 0 Å². The molecular weight excluding hydrogens is 236 g/mol. The van der Waals surface area contributed by atoms with Crippen molar-refractivity contribution < 1.29 is 4.42 Å². The van der Waals surface area contributed by atoms with Gasteiger partial charge in [0.1, 0.15) is 0 Å². The third-order valence-electron chi connectivity index (χ3n) is 2.57. The van der Waals surface area contributed by atoms with E-state index in [9.17, 15) is 0 Å².